The van der Waals surface area contributed by atoms with E-state index in [0.717, 1.165) is 56.8 Å². The lowest BCUT2D eigenvalue weighted by atomic mass is 10.1. The van der Waals surface area contributed by atoms with E-state index in [1.807, 2.05) is 6.07 Å². The SMILES string of the molecule is CCNC(=NCc1cc(C(C)C)no1)NCC(C)N1CCOCC1. The van der Waals surface area contributed by atoms with Crippen LogP contribution in [0.3, 0.4) is 0 Å². The summed E-state index contributed by atoms with van der Waals surface area (Å²) in [7, 11) is 0. The Morgan fingerprint density at radius 1 is 1.29 bits per heavy atom. The van der Waals surface area contributed by atoms with E-state index >= 15 is 0 Å². The van der Waals surface area contributed by atoms with Crippen LogP contribution >= 0.6 is 0 Å². The third kappa shape index (κ3) is 5.79. The van der Waals surface area contributed by atoms with E-state index in [0.29, 0.717) is 18.5 Å². The van der Waals surface area contributed by atoms with Gasteiger partial charge in [0.25, 0.3) is 0 Å². The van der Waals surface area contributed by atoms with E-state index in [4.69, 9.17) is 9.26 Å². The van der Waals surface area contributed by atoms with Gasteiger partial charge in [0.1, 0.15) is 6.54 Å². The minimum Gasteiger partial charge on any atom is -0.379 e. The van der Waals surface area contributed by atoms with E-state index in [1.165, 1.54) is 0 Å². The molecule has 2 rings (SSSR count). The molecule has 0 aromatic carbocycles. The molecule has 1 aromatic heterocycles. The Labute approximate surface area is 144 Å². The number of ether oxygens (including phenoxy) is 1. The highest BCUT2D eigenvalue weighted by molar-refractivity contribution is 5.79. The van der Waals surface area contributed by atoms with Gasteiger partial charge in [0.05, 0.1) is 18.9 Å². The van der Waals surface area contributed by atoms with Gasteiger partial charge in [-0.25, -0.2) is 4.99 Å². The molecule has 24 heavy (non-hydrogen) atoms. The molecule has 1 atom stereocenters. The van der Waals surface area contributed by atoms with E-state index in [2.05, 4.69) is 53.4 Å². The van der Waals surface area contributed by atoms with Gasteiger partial charge in [-0.2, -0.15) is 0 Å². The maximum Gasteiger partial charge on any atom is 0.191 e. The molecule has 0 saturated carbocycles. The molecule has 1 aliphatic rings. The molecule has 7 nitrogen and oxygen atoms in total. The van der Waals surface area contributed by atoms with Gasteiger partial charge in [0.15, 0.2) is 11.7 Å². The quantitative estimate of drug-likeness (QED) is 0.581. The molecule has 0 bridgehead atoms. The number of aliphatic imine (C=N–C) groups is 1. The second kappa shape index (κ2) is 9.64. The van der Waals surface area contributed by atoms with Crippen molar-refractivity contribution in [3.8, 4) is 0 Å². The average molecular weight is 337 g/mol. The molecule has 1 saturated heterocycles. The van der Waals surface area contributed by atoms with Crippen molar-refractivity contribution < 1.29 is 9.26 Å². The van der Waals surface area contributed by atoms with Crippen LogP contribution in [-0.2, 0) is 11.3 Å². The monoisotopic (exact) mass is 337 g/mol. The third-order valence-corrected chi connectivity index (χ3v) is 4.14. The summed E-state index contributed by atoms with van der Waals surface area (Å²) >= 11 is 0. The first-order valence-electron chi connectivity index (χ1n) is 8.89. The van der Waals surface area contributed by atoms with Crippen molar-refractivity contribution >= 4 is 5.96 Å². The summed E-state index contributed by atoms with van der Waals surface area (Å²) in [6.45, 7) is 14.3. The Hall–Kier alpha value is -1.60. The number of nitrogens with one attached hydrogen (secondary N) is 2. The van der Waals surface area contributed by atoms with Crippen molar-refractivity contribution in [2.24, 2.45) is 4.99 Å². The van der Waals surface area contributed by atoms with Gasteiger partial charge < -0.3 is 19.9 Å². The molecule has 2 heterocycles. The smallest absolute Gasteiger partial charge is 0.191 e. The maximum absolute atomic E-state index is 5.41. The van der Waals surface area contributed by atoms with Crippen LogP contribution < -0.4 is 10.6 Å². The fourth-order valence-electron chi connectivity index (χ4n) is 2.57. The number of nitrogens with zero attached hydrogens (tertiary/aromatic N) is 3. The van der Waals surface area contributed by atoms with Crippen LogP contribution in [-0.4, -0.2) is 61.5 Å². The normalized spacial score (nSPS) is 18.0. The second-order valence-corrected chi connectivity index (χ2v) is 6.45. The molecule has 1 fully saturated rings. The number of guanidine groups is 1. The predicted molar refractivity (Wildman–Crippen MR) is 95.3 cm³/mol. The van der Waals surface area contributed by atoms with Crippen LogP contribution in [0.5, 0.6) is 0 Å². The molecule has 1 unspecified atom stereocenters. The zero-order valence-electron chi connectivity index (χ0n) is 15.3. The van der Waals surface area contributed by atoms with Gasteiger partial charge in [-0.1, -0.05) is 19.0 Å². The molecular weight excluding hydrogens is 306 g/mol. The minimum absolute atomic E-state index is 0.368. The van der Waals surface area contributed by atoms with E-state index in [9.17, 15) is 0 Å². The Morgan fingerprint density at radius 2 is 2.04 bits per heavy atom. The summed E-state index contributed by atoms with van der Waals surface area (Å²) < 4.78 is 10.7. The lowest BCUT2D eigenvalue weighted by Crippen LogP contribution is -2.49. The van der Waals surface area contributed by atoms with Gasteiger partial charge in [-0.15, -0.1) is 0 Å². The Kier molecular flexibility index (Phi) is 7.52. The average Bonchev–Trinajstić information content (AvgIpc) is 3.07. The number of rotatable bonds is 7. The van der Waals surface area contributed by atoms with Gasteiger partial charge in [0.2, 0.25) is 0 Å². The van der Waals surface area contributed by atoms with Crippen LogP contribution in [0.25, 0.3) is 0 Å². The zero-order chi connectivity index (χ0) is 17.4. The van der Waals surface area contributed by atoms with Gasteiger partial charge in [0, 0.05) is 38.3 Å². The fourth-order valence-corrected chi connectivity index (χ4v) is 2.57. The standard InChI is InChI=1S/C17H31N5O2/c1-5-18-17(19-11-14(4)22-6-8-23-9-7-22)20-12-15-10-16(13(2)3)21-24-15/h10,13-14H,5-9,11-12H2,1-4H3,(H2,18,19,20). The molecule has 2 N–H and O–H groups in total. The van der Waals surface area contributed by atoms with Crippen LogP contribution in [0.1, 0.15) is 45.1 Å². The molecule has 0 radical (unpaired) electrons. The van der Waals surface area contributed by atoms with Crippen molar-refractivity contribution in [3.63, 3.8) is 0 Å². The molecule has 1 aromatic rings. The fraction of sp³-hybridized carbons (Fsp3) is 0.765. The first-order chi connectivity index (χ1) is 11.6. The first kappa shape index (κ1) is 18.7. The highest BCUT2D eigenvalue weighted by Gasteiger charge is 2.17. The number of hydrogen-bond donors (Lipinski definition) is 2. The highest BCUT2D eigenvalue weighted by atomic mass is 16.5. The molecule has 0 aliphatic carbocycles. The van der Waals surface area contributed by atoms with E-state index in [1.54, 1.807) is 0 Å². The summed E-state index contributed by atoms with van der Waals surface area (Å²) in [5, 5.41) is 10.8. The Bertz CT molecular complexity index is 509. The van der Waals surface area contributed by atoms with Crippen molar-refractivity contribution in [1.29, 1.82) is 0 Å². The first-order valence-corrected chi connectivity index (χ1v) is 8.89. The van der Waals surface area contributed by atoms with Crippen molar-refractivity contribution in [2.45, 2.75) is 46.2 Å². The lowest BCUT2D eigenvalue weighted by molar-refractivity contribution is 0.0211. The topological polar surface area (TPSA) is 74.9 Å². The third-order valence-electron chi connectivity index (χ3n) is 4.14. The van der Waals surface area contributed by atoms with E-state index in [-0.39, 0.29) is 0 Å². The summed E-state index contributed by atoms with van der Waals surface area (Å²) in [6.07, 6.45) is 0. The van der Waals surface area contributed by atoms with Crippen LogP contribution in [0.15, 0.2) is 15.6 Å². The lowest BCUT2D eigenvalue weighted by Gasteiger charge is -2.32. The van der Waals surface area contributed by atoms with Crippen LogP contribution in [0.4, 0.5) is 0 Å². The van der Waals surface area contributed by atoms with Crippen molar-refractivity contribution in [1.82, 2.24) is 20.7 Å². The minimum atomic E-state index is 0.368. The molecule has 0 amide bonds. The van der Waals surface area contributed by atoms with Gasteiger partial charge >= 0.3 is 0 Å². The van der Waals surface area contributed by atoms with Gasteiger partial charge in [-0.05, 0) is 19.8 Å². The Morgan fingerprint density at radius 3 is 2.67 bits per heavy atom. The van der Waals surface area contributed by atoms with Crippen LogP contribution in [0, 0.1) is 0 Å². The zero-order valence-corrected chi connectivity index (χ0v) is 15.3. The highest BCUT2D eigenvalue weighted by Crippen LogP contribution is 2.14. The second-order valence-electron chi connectivity index (χ2n) is 6.45. The van der Waals surface area contributed by atoms with Crippen molar-refractivity contribution in [3.05, 3.63) is 17.5 Å². The Balaban J connectivity index is 1.85. The summed E-state index contributed by atoms with van der Waals surface area (Å²) in [5.74, 6) is 1.96. The van der Waals surface area contributed by atoms with Crippen molar-refractivity contribution in [2.75, 3.05) is 39.4 Å². The summed E-state index contributed by atoms with van der Waals surface area (Å²) in [5.41, 5.74) is 0.971. The number of aromatic nitrogens is 1. The van der Waals surface area contributed by atoms with Crippen LogP contribution in [0.2, 0.25) is 0 Å². The summed E-state index contributed by atoms with van der Waals surface area (Å²) in [4.78, 5) is 7.03. The molecule has 136 valence electrons. The summed E-state index contributed by atoms with van der Waals surface area (Å²) in [6, 6.07) is 2.42. The molecule has 7 heteroatoms. The number of morpholine rings is 1. The number of hydrogen-bond acceptors (Lipinski definition) is 5. The van der Waals surface area contributed by atoms with Gasteiger partial charge in [-0.3, -0.25) is 4.90 Å². The molecular formula is C17H31N5O2. The molecule has 0 spiro atoms. The predicted octanol–water partition coefficient (Wildman–Crippen LogP) is 1.57. The molecule has 1 aliphatic heterocycles. The largest absolute Gasteiger partial charge is 0.379 e. The van der Waals surface area contributed by atoms with E-state index < -0.39 is 0 Å². The maximum atomic E-state index is 5.41.